The van der Waals surface area contributed by atoms with Gasteiger partial charge in [0.25, 0.3) is 0 Å². The molecule has 106 valence electrons. The Labute approximate surface area is 118 Å². The predicted molar refractivity (Wildman–Crippen MR) is 77.2 cm³/mol. The second-order valence-electron chi connectivity index (χ2n) is 5.01. The zero-order valence-electron chi connectivity index (χ0n) is 11.4. The van der Waals surface area contributed by atoms with Crippen LogP contribution in [-0.2, 0) is 17.8 Å². The molecule has 0 spiro atoms. The maximum absolute atomic E-state index is 11.8. The highest BCUT2D eigenvalue weighted by Gasteiger charge is 2.18. The average Bonchev–Trinajstić information content (AvgIpc) is 2.87. The van der Waals surface area contributed by atoms with Crippen LogP contribution < -0.4 is 5.32 Å². The van der Waals surface area contributed by atoms with Gasteiger partial charge in [0.2, 0.25) is 5.91 Å². The average molecular weight is 282 g/mol. The van der Waals surface area contributed by atoms with E-state index in [0.29, 0.717) is 13.1 Å². The van der Waals surface area contributed by atoms with Crippen molar-refractivity contribution in [3.63, 3.8) is 0 Å². The summed E-state index contributed by atoms with van der Waals surface area (Å²) in [6.07, 6.45) is 2.42. The molecule has 2 N–H and O–H groups in total. The van der Waals surface area contributed by atoms with E-state index in [2.05, 4.69) is 29.3 Å². The van der Waals surface area contributed by atoms with Gasteiger partial charge in [-0.2, -0.15) is 0 Å². The molecule has 1 amide bonds. The fraction of sp³-hybridized carbons (Fsp3) is 0.643. The van der Waals surface area contributed by atoms with Gasteiger partial charge in [-0.25, -0.2) is 0 Å². The van der Waals surface area contributed by atoms with Crippen molar-refractivity contribution >= 4 is 17.2 Å². The molecule has 0 atom stereocenters. The van der Waals surface area contributed by atoms with Crippen molar-refractivity contribution in [2.45, 2.75) is 38.8 Å². The number of carbonyl (C=O) groups is 1. The number of amides is 1. The Morgan fingerprint density at radius 3 is 2.74 bits per heavy atom. The maximum atomic E-state index is 11.8. The summed E-state index contributed by atoms with van der Waals surface area (Å²) in [5, 5.41) is 12.4. The number of rotatable bonds is 5. The van der Waals surface area contributed by atoms with Crippen LogP contribution in [0.3, 0.4) is 0 Å². The molecule has 0 unspecified atom stereocenters. The van der Waals surface area contributed by atoms with E-state index in [9.17, 15) is 9.90 Å². The standard InChI is InChI=1S/C14H22N2O2S/c1-2-12-3-4-13(19-12)9-15-14(18)10-16-7-5-11(17)6-8-16/h3-4,11,17H,2,5-10H2,1H3,(H,15,18). The summed E-state index contributed by atoms with van der Waals surface area (Å²) in [5.41, 5.74) is 0. The van der Waals surface area contributed by atoms with Crippen molar-refractivity contribution in [1.29, 1.82) is 0 Å². The maximum Gasteiger partial charge on any atom is 0.234 e. The van der Waals surface area contributed by atoms with Crippen molar-refractivity contribution in [2.24, 2.45) is 0 Å². The van der Waals surface area contributed by atoms with Gasteiger partial charge in [-0.15, -0.1) is 11.3 Å². The number of hydrogen-bond donors (Lipinski definition) is 2. The number of carbonyl (C=O) groups excluding carboxylic acids is 1. The van der Waals surface area contributed by atoms with Crippen LogP contribution >= 0.6 is 11.3 Å². The van der Waals surface area contributed by atoms with Gasteiger partial charge >= 0.3 is 0 Å². The van der Waals surface area contributed by atoms with E-state index in [1.165, 1.54) is 9.75 Å². The van der Waals surface area contributed by atoms with E-state index in [0.717, 1.165) is 32.4 Å². The summed E-state index contributed by atoms with van der Waals surface area (Å²) in [5.74, 6) is 0.0721. The fourth-order valence-electron chi connectivity index (χ4n) is 2.23. The number of piperidine rings is 1. The van der Waals surface area contributed by atoms with Crippen molar-refractivity contribution in [2.75, 3.05) is 19.6 Å². The number of nitrogens with zero attached hydrogens (tertiary/aromatic N) is 1. The first kappa shape index (κ1) is 14.5. The molecule has 4 nitrogen and oxygen atoms in total. The fourth-order valence-corrected chi connectivity index (χ4v) is 3.13. The number of thiophene rings is 1. The van der Waals surface area contributed by atoms with Crippen molar-refractivity contribution in [3.05, 3.63) is 21.9 Å². The molecular weight excluding hydrogens is 260 g/mol. The van der Waals surface area contributed by atoms with Gasteiger partial charge in [0.1, 0.15) is 0 Å². The van der Waals surface area contributed by atoms with Gasteiger partial charge < -0.3 is 10.4 Å². The van der Waals surface area contributed by atoms with Gasteiger partial charge in [0, 0.05) is 22.8 Å². The third-order valence-electron chi connectivity index (χ3n) is 3.45. The lowest BCUT2D eigenvalue weighted by atomic mass is 10.1. The first-order valence-corrected chi connectivity index (χ1v) is 7.73. The van der Waals surface area contributed by atoms with E-state index >= 15 is 0 Å². The van der Waals surface area contributed by atoms with Crippen LogP contribution in [0.15, 0.2) is 12.1 Å². The van der Waals surface area contributed by atoms with Crippen LogP contribution in [-0.4, -0.2) is 41.7 Å². The molecule has 1 saturated heterocycles. The smallest absolute Gasteiger partial charge is 0.234 e. The monoisotopic (exact) mass is 282 g/mol. The van der Waals surface area contributed by atoms with Gasteiger partial charge in [0.05, 0.1) is 19.2 Å². The Hall–Kier alpha value is -0.910. The zero-order valence-corrected chi connectivity index (χ0v) is 12.2. The third-order valence-corrected chi connectivity index (χ3v) is 4.68. The molecule has 1 fully saturated rings. The second-order valence-corrected chi connectivity index (χ2v) is 6.26. The van der Waals surface area contributed by atoms with Gasteiger partial charge in [0.15, 0.2) is 0 Å². The normalized spacial score (nSPS) is 17.6. The molecule has 0 aliphatic carbocycles. The highest BCUT2D eigenvalue weighted by Crippen LogP contribution is 2.16. The first-order chi connectivity index (χ1) is 9.17. The molecule has 0 radical (unpaired) electrons. The SMILES string of the molecule is CCc1ccc(CNC(=O)CN2CCC(O)CC2)s1. The van der Waals surface area contributed by atoms with E-state index in [1.54, 1.807) is 11.3 Å². The van der Waals surface area contributed by atoms with E-state index in [1.807, 2.05) is 0 Å². The molecule has 1 aliphatic rings. The molecular formula is C14H22N2O2S. The number of aliphatic hydroxyl groups is 1. The Kier molecular flexibility index (Phi) is 5.36. The Morgan fingerprint density at radius 2 is 2.11 bits per heavy atom. The number of nitrogens with one attached hydrogen (secondary N) is 1. The topological polar surface area (TPSA) is 52.6 Å². The van der Waals surface area contributed by atoms with Crippen LogP contribution in [0.4, 0.5) is 0 Å². The van der Waals surface area contributed by atoms with E-state index in [-0.39, 0.29) is 12.0 Å². The number of likely N-dealkylation sites (tertiary alicyclic amines) is 1. The minimum Gasteiger partial charge on any atom is -0.393 e. The summed E-state index contributed by atoms with van der Waals surface area (Å²) >= 11 is 1.76. The number of aryl methyl sites for hydroxylation is 1. The summed E-state index contributed by atoms with van der Waals surface area (Å²) in [6, 6.07) is 4.21. The van der Waals surface area contributed by atoms with Crippen LogP contribution in [0.1, 0.15) is 29.5 Å². The van der Waals surface area contributed by atoms with Gasteiger partial charge in [-0.1, -0.05) is 6.92 Å². The predicted octanol–water partition coefficient (Wildman–Crippen LogP) is 1.38. The summed E-state index contributed by atoms with van der Waals surface area (Å²) in [6.45, 7) is 4.83. The lowest BCUT2D eigenvalue weighted by Crippen LogP contribution is -2.42. The van der Waals surface area contributed by atoms with E-state index in [4.69, 9.17) is 0 Å². The summed E-state index contributed by atoms with van der Waals surface area (Å²) in [4.78, 5) is 16.5. The zero-order chi connectivity index (χ0) is 13.7. The molecule has 0 bridgehead atoms. The highest BCUT2D eigenvalue weighted by molar-refractivity contribution is 7.11. The Morgan fingerprint density at radius 1 is 1.42 bits per heavy atom. The molecule has 2 heterocycles. The first-order valence-electron chi connectivity index (χ1n) is 6.92. The van der Waals surface area contributed by atoms with Crippen molar-refractivity contribution < 1.29 is 9.90 Å². The van der Waals surface area contributed by atoms with Crippen molar-refractivity contribution in [1.82, 2.24) is 10.2 Å². The van der Waals surface area contributed by atoms with Crippen LogP contribution in [0.5, 0.6) is 0 Å². The Bertz CT molecular complexity index is 411. The minimum atomic E-state index is -0.183. The quantitative estimate of drug-likeness (QED) is 0.858. The lowest BCUT2D eigenvalue weighted by Gasteiger charge is -2.28. The number of hydrogen-bond acceptors (Lipinski definition) is 4. The minimum absolute atomic E-state index is 0.0721. The van der Waals surface area contributed by atoms with Gasteiger partial charge in [-0.3, -0.25) is 9.69 Å². The lowest BCUT2D eigenvalue weighted by molar-refractivity contribution is -0.122. The van der Waals surface area contributed by atoms with E-state index < -0.39 is 0 Å². The Balaban J connectivity index is 1.69. The second kappa shape index (κ2) is 7.03. The molecule has 1 aliphatic heterocycles. The highest BCUT2D eigenvalue weighted by atomic mass is 32.1. The third kappa shape index (κ3) is 4.60. The molecule has 1 aromatic rings. The van der Waals surface area contributed by atoms with Crippen LogP contribution in [0, 0.1) is 0 Å². The molecule has 19 heavy (non-hydrogen) atoms. The molecule has 5 heteroatoms. The number of aliphatic hydroxyl groups excluding tert-OH is 1. The van der Waals surface area contributed by atoms with Crippen LogP contribution in [0.25, 0.3) is 0 Å². The molecule has 0 saturated carbocycles. The van der Waals surface area contributed by atoms with Crippen molar-refractivity contribution in [3.8, 4) is 0 Å². The van der Waals surface area contributed by atoms with Gasteiger partial charge in [-0.05, 0) is 31.4 Å². The summed E-state index contributed by atoms with van der Waals surface area (Å²) in [7, 11) is 0. The molecule has 0 aromatic carbocycles. The van der Waals surface area contributed by atoms with Crippen LogP contribution in [0.2, 0.25) is 0 Å². The largest absolute Gasteiger partial charge is 0.393 e. The summed E-state index contributed by atoms with van der Waals surface area (Å²) < 4.78 is 0. The molecule has 2 rings (SSSR count). The molecule has 1 aromatic heterocycles.